The second-order valence-electron chi connectivity index (χ2n) is 31.2. The first-order valence-corrected chi connectivity index (χ1v) is 45.2. The fourth-order valence-corrected chi connectivity index (χ4v) is 14.2. The summed E-state index contributed by atoms with van der Waals surface area (Å²) in [5.74, 6) is 1.02. The van der Waals surface area contributed by atoms with Gasteiger partial charge in [-0.05, 0) is 49.4 Å². The van der Waals surface area contributed by atoms with E-state index in [1.807, 2.05) is 0 Å². The van der Waals surface area contributed by atoms with Gasteiger partial charge in [0.25, 0.3) is 0 Å². The van der Waals surface area contributed by atoms with E-state index < -0.39 is 97.5 Å². The van der Waals surface area contributed by atoms with Crippen molar-refractivity contribution in [3.05, 3.63) is 0 Å². The Bertz CT molecular complexity index is 1970. The lowest BCUT2D eigenvalue weighted by atomic mass is 9.99. The highest BCUT2D eigenvalue weighted by Gasteiger charge is 2.30. The van der Waals surface area contributed by atoms with Crippen LogP contribution in [-0.2, 0) is 65.4 Å². The van der Waals surface area contributed by atoms with E-state index in [9.17, 15) is 43.2 Å². The van der Waals surface area contributed by atoms with Crippen molar-refractivity contribution in [2.24, 2.45) is 23.7 Å². The fraction of sp³-hybridized carbons (Fsp3) is 0.951. The van der Waals surface area contributed by atoms with Gasteiger partial charge in [0.05, 0.1) is 26.4 Å². The molecule has 6 atom stereocenters. The minimum Gasteiger partial charge on any atom is -0.462 e. The predicted octanol–water partition coefficient (Wildman–Crippen LogP) is 24.4. The van der Waals surface area contributed by atoms with E-state index >= 15 is 0 Å². The summed E-state index contributed by atoms with van der Waals surface area (Å²) in [5.41, 5.74) is 0. The first kappa shape index (κ1) is 99.1. The second-order valence-corrected chi connectivity index (χ2v) is 34.1. The van der Waals surface area contributed by atoms with Gasteiger partial charge in [0.2, 0.25) is 0 Å². The van der Waals surface area contributed by atoms with Crippen LogP contribution >= 0.6 is 15.6 Å². The van der Waals surface area contributed by atoms with Gasteiger partial charge in [0.1, 0.15) is 19.3 Å². The maximum absolute atomic E-state index is 13.1. The van der Waals surface area contributed by atoms with Crippen LogP contribution in [0.25, 0.3) is 0 Å². The summed E-state index contributed by atoms with van der Waals surface area (Å²) in [7, 11) is -9.92. The summed E-state index contributed by atoms with van der Waals surface area (Å²) in [5, 5.41) is 10.7. The number of hydrogen-bond acceptors (Lipinski definition) is 15. The summed E-state index contributed by atoms with van der Waals surface area (Å²) in [6.07, 6.45) is 58.2. The Kier molecular flexibility index (Phi) is 69.6. The Morgan fingerprint density at radius 2 is 0.475 bits per heavy atom. The van der Waals surface area contributed by atoms with Crippen molar-refractivity contribution < 1.29 is 80.2 Å². The van der Waals surface area contributed by atoms with E-state index in [1.165, 1.54) is 218 Å². The van der Waals surface area contributed by atoms with Crippen molar-refractivity contribution in [1.82, 2.24) is 0 Å². The number of aliphatic hydroxyl groups excluding tert-OH is 1. The molecule has 600 valence electrons. The molecule has 0 heterocycles. The number of ether oxygens (including phenoxy) is 4. The van der Waals surface area contributed by atoms with E-state index in [0.717, 1.165) is 114 Å². The van der Waals surface area contributed by atoms with Crippen molar-refractivity contribution >= 4 is 39.5 Å². The highest BCUT2D eigenvalue weighted by atomic mass is 31.2. The summed E-state index contributed by atoms with van der Waals surface area (Å²) in [4.78, 5) is 73.1. The van der Waals surface area contributed by atoms with Crippen LogP contribution in [0.15, 0.2) is 0 Å². The van der Waals surface area contributed by atoms with Crippen molar-refractivity contribution in [2.45, 2.75) is 440 Å². The Balaban J connectivity index is 5.24. The molecule has 3 N–H and O–H groups in total. The van der Waals surface area contributed by atoms with Crippen LogP contribution in [0.3, 0.4) is 0 Å². The van der Waals surface area contributed by atoms with Gasteiger partial charge in [-0.25, -0.2) is 9.13 Å². The first-order valence-electron chi connectivity index (χ1n) is 42.2. The largest absolute Gasteiger partial charge is 0.472 e. The Labute approximate surface area is 619 Å². The highest BCUT2D eigenvalue weighted by Crippen LogP contribution is 2.45. The van der Waals surface area contributed by atoms with E-state index in [-0.39, 0.29) is 25.7 Å². The van der Waals surface area contributed by atoms with Crippen molar-refractivity contribution in [1.29, 1.82) is 0 Å². The average molecular weight is 1480 g/mol. The zero-order valence-corrected chi connectivity index (χ0v) is 68.3. The van der Waals surface area contributed by atoms with Crippen LogP contribution in [0.4, 0.5) is 0 Å². The zero-order valence-electron chi connectivity index (χ0n) is 66.5. The van der Waals surface area contributed by atoms with Gasteiger partial charge in [-0.2, -0.15) is 0 Å². The molecule has 0 aliphatic heterocycles. The van der Waals surface area contributed by atoms with Crippen LogP contribution < -0.4 is 0 Å². The van der Waals surface area contributed by atoms with Crippen LogP contribution in [0.2, 0.25) is 0 Å². The number of aliphatic hydroxyl groups is 1. The lowest BCUT2D eigenvalue weighted by Gasteiger charge is -2.21. The number of phosphoric acid groups is 2. The Hall–Kier alpha value is -1.94. The fourth-order valence-electron chi connectivity index (χ4n) is 12.6. The predicted molar refractivity (Wildman–Crippen MR) is 414 cm³/mol. The molecule has 0 aromatic heterocycles. The van der Waals surface area contributed by atoms with Crippen LogP contribution in [-0.4, -0.2) is 96.7 Å². The van der Waals surface area contributed by atoms with Crippen LogP contribution in [0, 0.1) is 23.7 Å². The Morgan fingerprint density at radius 1 is 0.277 bits per heavy atom. The molecular weight excluding hydrogens is 1320 g/mol. The molecule has 0 amide bonds. The van der Waals surface area contributed by atoms with Gasteiger partial charge in [0, 0.05) is 25.7 Å². The molecule has 0 aliphatic carbocycles. The quantitative estimate of drug-likeness (QED) is 0.0222. The molecule has 0 rings (SSSR count). The van der Waals surface area contributed by atoms with Crippen molar-refractivity contribution in [3.63, 3.8) is 0 Å². The van der Waals surface area contributed by atoms with E-state index in [4.69, 9.17) is 37.0 Å². The second kappa shape index (κ2) is 71.0. The standard InChI is InChI=1S/C82H160O17P2/c1-9-75(8)61-53-45-37-29-23-17-11-13-19-25-31-39-48-56-64-82(87)99-78(69-93-80(85)63-55-47-41-33-36-44-52-60-74(6)7)71-97-101(90,91)95-67-76(83)66-94-100(88,89)96-70-77(98-81(86)65-57-49-40-32-26-20-14-16-22-28-35-43-51-59-73(4)5)68-92-79(84)62-54-46-38-30-24-18-12-10-15-21-27-34-42-50-58-72(2)3/h72-78,83H,9-71H2,1-8H3,(H,88,89)(H,90,91)/t75?,76?,77-,78-/m1/s1. The van der Waals surface area contributed by atoms with E-state index in [1.54, 1.807) is 0 Å². The molecule has 0 fully saturated rings. The molecule has 0 aromatic rings. The summed E-state index contributed by atoms with van der Waals surface area (Å²) in [6, 6.07) is 0. The van der Waals surface area contributed by atoms with Crippen LogP contribution in [0.1, 0.15) is 421 Å². The van der Waals surface area contributed by atoms with E-state index in [0.29, 0.717) is 31.6 Å². The number of rotatable bonds is 79. The molecule has 0 saturated heterocycles. The normalized spacial score (nSPS) is 14.3. The van der Waals surface area contributed by atoms with Gasteiger partial charge in [-0.3, -0.25) is 37.3 Å². The first-order chi connectivity index (χ1) is 48.6. The number of carbonyl (C=O) groups excluding carboxylic acids is 4. The van der Waals surface area contributed by atoms with Gasteiger partial charge >= 0.3 is 39.5 Å². The third-order valence-electron chi connectivity index (χ3n) is 19.4. The molecule has 0 bridgehead atoms. The smallest absolute Gasteiger partial charge is 0.462 e. The molecule has 0 aliphatic rings. The zero-order chi connectivity index (χ0) is 74.6. The van der Waals surface area contributed by atoms with Gasteiger partial charge < -0.3 is 33.8 Å². The SMILES string of the molecule is CCC(C)CCCCCCCCCCCCCCCCC(=O)O[C@H](COC(=O)CCCCCCCCCC(C)C)COP(=O)(O)OCC(O)COP(=O)(O)OC[C@@H](COC(=O)CCCCCCCCCCCCCCCCC(C)C)OC(=O)CCCCCCCCCCCCCCCC(C)C. The summed E-state index contributed by atoms with van der Waals surface area (Å²) >= 11 is 0. The molecule has 0 spiro atoms. The van der Waals surface area contributed by atoms with Crippen molar-refractivity contribution in [2.75, 3.05) is 39.6 Å². The van der Waals surface area contributed by atoms with Crippen molar-refractivity contribution in [3.8, 4) is 0 Å². The monoisotopic (exact) mass is 1480 g/mol. The topological polar surface area (TPSA) is 237 Å². The maximum Gasteiger partial charge on any atom is 0.472 e. The van der Waals surface area contributed by atoms with Gasteiger partial charge in [0.15, 0.2) is 12.2 Å². The molecule has 0 aromatic carbocycles. The molecule has 101 heavy (non-hydrogen) atoms. The number of esters is 4. The number of phosphoric ester groups is 2. The third-order valence-corrected chi connectivity index (χ3v) is 21.3. The lowest BCUT2D eigenvalue weighted by Crippen LogP contribution is -2.30. The summed E-state index contributed by atoms with van der Waals surface area (Å²) < 4.78 is 68.8. The molecule has 19 heteroatoms. The molecular formula is C82H160O17P2. The third kappa shape index (κ3) is 74.7. The molecule has 0 radical (unpaired) electrons. The number of unbranched alkanes of at least 4 members (excludes halogenated alkanes) is 44. The maximum atomic E-state index is 13.1. The average Bonchev–Trinajstić information content (AvgIpc) is 0.925. The van der Waals surface area contributed by atoms with E-state index in [2.05, 4.69) is 55.4 Å². The molecule has 0 saturated carbocycles. The van der Waals surface area contributed by atoms with Gasteiger partial charge in [-0.1, -0.05) is 370 Å². The molecule has 17 nitrogen and oxygen atoms in total. The van der Waals surface area contributed by atoms with Crippen LogP contribution in [0.5, 0.6) is 0 Å². The lowest BCUT2D eigenvalue weighted by molar-refractivity contribution is -0.161. The van der Waals surface area contributed by atoms with Gasteiger partial charge in [-0.15, -0.1) is 0 Å². The Morgan fingerprint density at radius 3 is 0.703 bits per heavy atom. The number of carbonyl (C=O) groups is 4. The summed E-state index contributed by atoms with van der Waals surface area (Å²) in [6.45, 7) is 14.3. The minimum atomic E-state index is -4.96. The number of hydrogen-bond donors (Lipinski definition) is 3. The minimum absolute atomic E-state index is 0.107. The highest BCUT2D eigenvalue weighted by molar-refractivity contribution is 7.47. The molecule has 4 unspecified atom stereocenters.